The molecule has 2 amide bonds. The molecule has 3 heterocycles. The van der Waals surface area contributed by atoms with Gasteiger partial charge in [0, 0.05) is 18.3 Å². The number of amides is 2. The molecule has 1 atom stereocenters. The summed E-state index contributed by atoms with van der Waals surface area (Å²) in [5.41, 5.74) is 1.45. The lowest BCUT2D eigenvalue weighted by atomic mass is 9.93. The number of benzene rings is 1. The Bertz CT molecular complexity index is 816. The second-order valence-corrected chi connectivity index (χ2v) is 6.37. The van der Waals surface area contributed by atoms with E-state index < -0.39 is 5.66 Å². The van der Waals surface area contributed by atoms with Gasteiger partial charge in [0.2, 0.25) is 5.76 Å². The summed E-state index contributed by atoms with van der Waals surface area (Å²) in [5.74, 6) is -0.0918. The van der Waals surface area contributed by atoms with E-state index >= 15 is 0 Å². The second kappa shape index (κ2) is 5.36. The first-order valence-electron chi connectivity index (χ1n) is 7.99. The van der Waals surface area contributed by atoms with Gasteiger partial charge in [-0.3, -0.25) is 9.59 Å². The van der Waals surface area contributed by atoms with Crippen LogP contribution in [0.5, 0.6) is 0 Å². The predicted molar refractivity (Wildman–Crippen MR) is 86.6 cm³/mol. The first-order chi connectivity index (χ1) is 11.6. The number of hydrogen-bond donors (Lipinski definition) is 2. The SMILES string of the molecule is Cc1cc(C(=O)N2CCC[C@]3(C2)NC(=O)c2ccccc2N3)on1. The van der Waals surface area contributed by atoms with Gasteiger partial charge in [0.1, 0.15) is 5.66 Å². The standard InChI is InChI=1S/C17H18N4O3/c1-11-9-14(24-20-11)16(23)21-8-4-7-17(10-21)18-13-6-3-2-5-12(13)15(22)19-17/h2-3,5-6,9,18H,4,7-8,10H2,1H3,(H,19,22)/t17-/m1/s1. The molecule has 2 aliphatic rings. The summed E-state index contributed by atoms with van der Waals surface area (Å²) in [6.07, 6.45) is 1.54. The highest BCUT2D eigenvalue weighted by Crippen LogP contribution is 2.30. The second-order valence-electron chi connectivity index (χ2n) is 6.37. The lowest BCUT2D eigenvalue weighted by molar-refractivity contribution is 0.0558. The van der Waals surface area contributed by atoms with Crippen LogP contribution in [0.15, 0.2) is 34.9 Å². The molecule has 1 aromatic heterocycles. The van der Waals surface area contributed by atoms with Crippen molar-refractivity contribution in [2.45, 2.75) is 25.4 Å². The Morgan fingerprint density at radius 1 is 1.33 bits per heavy atom. The van der Waals surface area contributed by atoms with Crippen LogP contribution in [0.4, 0.5) is 5.69 Å². The van der Waals surface area contributed by atoms with E-state index in [0.29, 0.717) is 24.3 Å². The quantitative estimate of drug-likeness (QED) is 0.834. The van der Waals surface area contributed by atoms with E-state index in [1.54, 1.807) is 24.0 Å². The van der Waals surface area contributed by atoms with Gasteiger partial charge in [0.05, 0.1) is 17.8 Å². The van der Waals surface area contributed by atoms with Crippen LogP contribution in [0.25, 0.3) is 0 Å². The molecule has 2 aliphatic heterocycles. The lowest BCUT2D eigenvalue weighted by Crippen LogP contribution is -2.66. The highest BCUT2D eigenvalue weighted by molar-refractivity contribution is 6.02. The number of piperidine rings is 1. The van der Waals surface area contributed by atoms with Gasteiger partial charge >= 0.3 is 0 Å². The minimum atomic E-state index is -0.644. The van der Waals surface area contributed by atoms with Crippen LogP contribution in [0.2, 0.25) is 0 Å². The largest absolute Gasteiger partial charge is 0.361 e. The van der Waals surface area contributed by atoms with Crippen LogP contribution in [0, 0.1) is 6.92 Å². The van der Waals surface area contributed by atoms with Gasteiger partial charge < -0.3 is 20.1 Å². The number of hydrogen-bond acceptors (Lipinski definition) is 5. The van der Waals surface area contributed by atoms with E-state index in [-0.39, 0.29) is 17.6 Å². The molecule has 24 heavy (non-hydrogen) atoms. The topological polar surface area (TPSA) is 87.5 Å². The minimum Gasteiger partial charge on any atom is -0.361 e. The Morgan fingerprint density at radius 3 is 2.96 bits per heavy atom. The fourth-order valence-electron chi connectivity index (χ4n) is 3.42. The molecule has 0 radical (unpaired) electrons. The van der Waals surface area contributed by atoms with E-state index in [2.05, 4.69) is 15.8 Å². The Morgan fingerprint density at radius 2 is 2.17 bits per heavy atom. The third kappa shape index (κ3) is 2.42. The van der Waals surface area contributed by atoms with Crippen LogP contribution < -0.4 is 10.6 Å². The number of aromatic nitrogens is 1. The number of rotatable bonds is 1. The smallest absolute Gasteiger partial charge is 0.292 e. The molecule has 1 aromatic carbocycles. The van der Waals surface area contributed by atoms with Gasteiger partial charge in [-0.15, -0.1) is 0 Å². The van der Waals surface area contributed by atoms with Crippen molar-refractivity contribution in [3.63, 3.8) is 0 Å². The summed E-state index contributed by atoms with van der Waals surface area (Å²) >= 11 is 0. The molecule has 124 valence electrons. The summed E-state index contributed by atoms with van der Waals surface area (Å²) < 4.78 is 5.08. The summed E-state index contributed by atoms with van der Waals surface area (Å²) in [6, 6.07) is 9.03. The number of para-hydroxylation sites is 1. The van der Waals surface area contributed by atoms with Gasteiger partial charge in [-0.1, -0.05) is 17.3 Å². The number of fused-ring (bicyclic) bond motifs is 1. The van der Waals surface area contributed by atoms with Crippen molar-refractivity contribution < 1.29 is 14.1 Å². The molecule has 2 N–H and O–H groups in total. The maximum Gasteiger partial charge on any atom is 0.292 e. The Kier molecular flexibility index (Phi) is 3.30. The van der Waals surface area contributed by atoms with E-state index in [0.717, 1.165) is 18.5 Å². The Hall–Kier alpha value is -2.83. The number of nitrogens with one attached hydrogen (secondary N) is 2. The zero-order valence-electron chi connectivity index (χ0n) is 13.3. The van der Waals surface area contributed by atoms with Crippen LogP contribution in [0.3, 0.4) is 0 Å². The third-order valence-corrected chi connectivity index (χ3v) is 4.52. The molecule has 0 saturated carbocycles. The molecule has 0 bridgehead atoms. The normalized spacial score (nSPS) is 22.7. The lowest BCUT2D eigenvalue weighted by Gasteiger charge is -2.46. The number of nitrogens with zero attached hydrogens (tertiary/aromatic N) is 2. The highest BCUT2D eigenvalue weighted by atomic mass is 16.5. The molecule has 4 rings (SSSR count). The molecular weight excluding hydrogens is 308 g/mol. The van der Waals surface area contributed by atoms with E-state index in [1.807, 2.05) is 18.2 Å². The number of likely N-dealkylation sites (tertiary alicyclic amines) is 1. The van der Waals surface area contributed by atoms with Crippen molar-refractivity contribution >= 4 is 17.5 Å². The van der Waals surface area contributed by atoms with E-state index in [1.165, 1.54) is 0 Å². The van der Waals surface area contributed by atoms with Gasteiger partial charge in [-0.05, 0) is 31.9 Å². The minimum absolute atomic E-state index is 0.117. The van der Waals surface area contributed by atoms with Crippen molar-refractivity contribution in [1.82, 2.24) is 15.4 Å². The molecule has 7 nitrogen and oxygen atoms in total. The molecule has 2 aromatic rings. The molecule has 0 unspecified atom stereocenters. The summed E-state index contributed by atoms with van der Waals surface area (Å²) in [4.78, 5) is 26.7. The van der Waals surface area contributed by atoms with Crippen molar-refractivity contribution in [2.75, 3.05) is 18.4 Å². The van der Waals surface area contributed by atoms with Crippen molar-refractivity contribution in [3.05, 3.63) is 47.3 Å². The summed E-state index contributed by atoms with van der Waals surface area (Å²) in [7, 11) is 0. The molecule has 7 heteroatoms. The maximum absolute atomic E-state index is 12.6. The first kappa shape index (κ1) is 14.7. The number of aryl methyl sites for hydroxylation is 1. The van der Waals surface area contributed by atoms with Crippen LogP contribution >= 0.6 is 0 Å². The van der Waals surface area contributed by atoms with Crippen LogP contribution in [-0.4, -0.2) is 40.6 Å². The van der Waals surface area contributed by atoms with Gasteiger partial charge in [-0.25, -0.2) is 0 Å². The van der Waals surface area contributed by atoms with Gasteiger partial charge in [0.25, 0.3) is 11.8 Å². The average Bonchev–Trinajstić information content (AvgIpc) is 3.00. The molecule has 1 spiro atoms. The zero-order chi connectivity index (χ0) is 16.7. The average molecular weight is 326 g/mol. The fourth-order valence-corrected chi connectivity index (χ4v) is 3.42. The molecule has 0 aliphatic carbocycles. The number of carbonyl (C=O) groups excluding carboxylic acids is 2. The maximum atomic E-state index is 12.6. The fraction of sp³-hybridized carbons (Fsp3) is 0.353. The number of anilines is 1. The molecular formula is C17H18N4O3. The monoisotopic (exact) mass is 326 g/mol. The first-order valence-corrected chi connectivity index (χ1v) is 7.99. The van der Waals surface area contributed by atoms with E-state index in [9.17, 15) is 9.59 Å². The molecule has 1 saturated heterocycles. The van der Waals surface area contributed by atoms with Crippen molar-refractivity contribution in [3.8, 4) is 0 Å². The predicted octanol–water partition coefficient (Wildman–Crippen LogP) is 1.77. The zero-order valence-corrected chi connectivity index (χ0v) is 13.3. The highest BCUT2D eigenvalue weighted by Gasteiger charge is 2.42. The van der Waals surface area contributed by atoms with Crippen molar-refractivity contribution in [2.24, 2.45) is 0 Å². The summed E-state index contributed by atoms with van der Waals surface area (Å²) in [5, 5.41) is 10.2. The van der Waals surface area contributed by atoms with Crippen LogP contribution in [-0.2, 0) is 0 Å². The van der Waals surface area contributed by atoms with Crippen molar-refractivity contribution in [1.29, 1.82) is 0 Å². The van der Waals surface area contributed by atoms with E-state index in [4.69, 9.17) is 4.52 Å². The van der Waals surface area contributed by atoms with Gasteiger partial charge in [0.15, 0.2) is 0 Å². The number of carbonyl (C=O) groups is 2. The third-order valence-electron chi connectivity index (χ3n) is 4.52. The van der Waals surface area contributed by atoms with Gasteiger partial charge in [-0.2, -0.15) is 0 Å². The Balaban J connectivity index is 1.59. The molecule has 1 fully saturated rings. The summed E-state index contributed by atoms with van der Waals surface area (Å²) in [6.45, 7) is 2.78. The Labute approximate surface area is 139 Å². The van der Waals surface area contributed by atoms with Crippen LogP contribution in [0.1, 0.15) is 39.4 Å².